The molecule has 0 amide bonds. The predicted octanol–water partition coefficient (Wildman–Crippen LogP) is 4.23. The van der Waals surface area contributed by atoms with Crippen molar-refractivity contribution in [1.82, 2.24) is 0 Å². The molecule has 0 unspecified atom stereocenters. The second kappa shape index (κ2) is 5.55. The Kier molecular flexibility index (Phi) is 4.04. The quantitative estimate of drug-likeness (QED) is 0.857. The van der Waals surface area contributed by atoms with Gasteiger partial charge in [-0.15, -0.1) is 0 Å². The van der Waals surface area contributed by atoms with Crippen molar-refractivity contribution in [1.29, 1.82) is 0 Å². The number of carbonyl (C=O) groups excluding carboxylic acids is 1. The molecule has 0 saturated heterocycles. The number of aromatic hydroxyl groups is 1. The van der Waals surface area contributed by atoms with Gasteiger partial charge in [-0.2, -0.15) is 0 Å². The molecule has 0 heterocycles. The fourth-order valence-corrected chi connectivity index (χ4v) is 2.25. The number of phenolic OH excluding ortho intramolecular Hbond substituents is 1. The van der Waals surface area contributed by atoms with Crippen molar-refractivity contribution in [3.63, 3.8) is 0 Å². The standard InChI is InChI=1S/C14H10BrClO2/c15-12-6-2-5-11(14(12)18)13(17)8-9-3-1-4-10(16)7-9/h1-7,18H,8H2. The van der Waals surface area contributed by atoms with E-state index in [4.69, 9.17) is 11.6 Å². The maximum Gasteiger partial charge on any atom is 0.170 e. The summed E-state index contributed by atoms with van der Waals surface area (Å²) in [6.07, 6.45) is 0.213. The van der Waals surface area contributed by atoms with Crippen LogP contribution in [0, 0.1) is 0 Å². The van der Waals surface area contributed by atoms with E-state index < -0.39 is 0 Å². The van der Waals surface area contributed by atoms with Gasteiger partial charge in [0.1, 0.15) is 5.75 Å². The van der Waals surface area contributed by atoms with E-state index in [1.54, 1.807) is 36.4 Å². The lowest BCUT2D eigenvalue weighted by Crippen LogP contribution is -2.04. The fourth-order valence-electron chi connectivity index (χ4n) is 1.67. The highest BCUT2D eigenvalue weighted by molar-refractivity contribution is 9.10. The maximum absolute atomic E-state index is 12.1. The first-order chi connectivity index (χ1) is 8.58. The van der Waals surface area contributed by atoms with Crippen LogP contribution in [-0.2, 0) is 6.42 Å². The van der Waals surface area contributed by atoms with Gasteiger partial charge in [-0.25, -0.2) is 0 Å². The molecule has 2 aromatic carbocycles. The van der Waals surface area contributed by atoms with Crippen LogP contribution in [0.3, 0.4) is 0 Å². The highest BCUT2D eigenvalue weighted by Gasteiger charge is 2.13. The highest BCUT2D eigenvalue weighted by Crippen LogP contribution is 2.28. The van der Waals surface area contributed by atoms with Crippen LogP contribution in [0.15, 0.2) is 46.9 Å². The molecule has 0 aromatic heterocycles. The Labute approximate surface area is 118 Å². The number of ketones is 1. The van der Waals surface area contributed by atoms with E-state index in [0.717, 1.165) is 5.56 Å². The third-order valence-electron chi connectivity index (χ3n) is 2.54. The molecule has 2 rings (SSSR count). The number of rotatable bonds is 3. The van der Waals surface area contributed by atoms with Gasteiger partial charge in [0.15, 0.2) is 5.78 Å². The lowest BCUT2D eigenvalue weighted by atomic mass is 10.0. The molecular weight excluding hydrogens is 316 g/mol. The molecule has 0 aliphatic rings. The molecule has 92 valence electrons. The first kappa shape index (κ1) is 13.1. The lowest BCUT2D eigenvalue weighted by Gasteiger charge is -2.05. The van der Waals surface area contributed by atoms with Gasteiger partial charge >= 0.3 is 0 Å². The minimum Gasteiger partial charge on any atom is -0.506 e. The SMILES string of the molecule is O=C(Cc1cccc(Cl)c1)c1cccc(Br)c1O. The number of hydrogen-bond acceptors (Lipinski definition) is 2. The van der Waals surface area contributed by atoms with Crippen LogP contribution in [0.1, 0.15) is 15.9 Å². The average Bonchev–Trinajstić information content (AvgIpc) is 2.32. The Morgan fingerprint density at radius 1 is 1.22 bits per heavy atom. The summed E-state index contributed by atoms with van der Waals surface area (Å²) >= 11 is 9.05. The van der Waals surface area contributed by atoms with Crippen LogP contribution in [0.2, 0.25) is 5.02 Å². The van der Waals surface area contributed by atoms with Gasteiger partial charge in [-0.1, -0.05) is 29.8 Å². The Morgan fingerprint density at radius 2 is 1.94 bits per heavy atom. The number of para-hydroxylation sites is 1. The molecule has 0 aliphatic carbocycles. The maximum atomic E-state index is 12.1. The van der Waals surface area contributed by atoms with E-state index in [9.17, 15) is 9.90 Å². The zero-order valence-electron chi connectivity index (χ0n) is 9.36. The molecule has 18 heavy (non-hydrogen) atoms. The Balaban J connectivity index is 2.25. The van der Waals surface area contributed by atoms with Gasteiger partial charge in [0.2, 0.25) is 0 Å². The number of phenols is 1. The molecule has 0 atom stereocenters. The first-order valence-corrected chi connectivity index (χ1v) is 6.50. The van der Waals surface area contributed by atoms with E-state index in [2.05, 4.69) is 15.9 Å². The lowest BCUT2D eigenvalue weighted by molar-refractivity contribution is 0.0990. The highest BCUT2D eigenvalue weighted by atomic mass is 79.9. The van der Waals surface area contributed by atoms with Crippen LogP contribution < -0.4 is 0 Å². The third-order valence-corrected chi connectivity index (χ3v) is 3.42. The molecule has 4 heteroatoms. The summed E-state index contributed by atoms with van der Waals surface area (Å²) < 4.78 is 0.513. The number of hydrogen-bond donors (Lipinski definition) is 1. The summed E-state index contributed by atoms with van der Waals surface area (Å²) in [5.41, 5.74) is 1.14. The number of carbonyl (C=O) groups is 1. The molecule has 0 radical (unpaired) electrons. The summed E-state index contributed by atoms with van der Waals surface area (Å²) in [6, 6.07) is 12.1. The van der Waals surface area contributed by atoms with Crippen molar-refractivity contribution >= 4 is 33.3 Å². The zero-order chi connectivity index (χ0) is 13.1. The third kappa shape index (κ3) is 2.92. The number of benzene rings is 2. The first-order valence-electron chi connectivity index (χ1n) is 5.33. The largest absolute Gasteiger partial charge is 0.506 e. The van der Waals surface area contributed by atoms with E-state index in [1.807, 2.05) is 6.07 Å². The molecule has 2 aromatic rings. The molecule has 1 N–H and O–H groups in total. The van der Waals surface area contributed by atoms with E-state index in [1.165, 1.54) is 0 Å². The Bertz CT molecular complexity index is 596. The average molecular weight is 326 g/mol. The van der Waals surface area contributed by atoms with Crippen LogP contribution >= 0.6 is 27.5 Å². The normalized spacial score (nSPS) is 10.3. The van der Waals surface area contributed by atoms with Crippen molar-refractivity contribution < 1.29 is 9.90 Å². The van der Waals surface area contributed by atoms with Gasteiger partial charge in [0.05, 0.1) is 10.0 Å². The van der Waals surface area contributed by atoms with Crippen LogP contribution in [0.5, 0.6) is 5.75 Å². The molecule has 0 aliphatic heterocycles. The van der Waals surface area contributed by atoms with E-state index in [0.29, 0.717) is 15.1 Å². The second-order valence-corrected chi connectivity index (χ2v) is 5.16. The van der Waals surface area contributed by atoms with Gasteiger partial charge in [0, 0.05) is 11.4 Å². The summed E-state index contributed by atoms with van der Waals surface area (Å²) in [7, 11) is 0. The molecule has 0 saturated carbocycles. The van der Waals surface area contributed by atoms with Crippen LogP contribution in [-0.4, -0.2) is 10.9 Å². The summed E-state index contributed by atoms with van der Waals surface area (Å²) in [4.78, 5) is 12.1. The predicted molar refractivity (Wildman–Crippen MR) is 75.3 cm³/mol. The summed E-state index contributed by atoms with van der Waals surface area (Å²) in [5.74, 6) is -0.166. The van der Waals surface area contributed by atoms with Gasteiger partial charge in [-0.3, -0.25) is 4.79 Å². The fraction of sp³-hybridized carbons (Fsp3) is 0.0714. The van der Waals surface area contributed by atoms with Crippen molar-refractivity contribution in [3.05, 3.63) is 63.1 Å². The topological polar surface area (TPSA) is 37.3 Å². The molecule has 0 spiro atoms. The van der Waals surface area contributed by atoms with E-state index >= 15 is 0 Å². The summed E-state index contributed by atoms with van der Waals surface area (Å²) in [5, 5.41) is 10.4. The number of Topliss-reactive ketones (excluding diaryl/α,β-unsaturated/α-hetero) is 1. The van der Waals surface area contributed by atoms with Crippen molar-refractivity contribution in [2.75, 3.05) is 0 Å². The molecular formula is C14H10BrClO2. The number of halogens is 2. The monoisotopic (exact) mass is 324 g/mol. The molecule has 0 bridgehead atoms. The Hall–Kier alpha value is -1.32. The smallest absolute Gasteiger partial charge is 0.170 e. The van der Waals surface area contributed by atoms with Crippen molar-refractivity contribution in [2.45, 2.75) is 6.42 Å². The summed E-state index contributed by atoms with van der Waals surface area (Å²) in [6.45, 7) is 0. The van der Waals surface area contributed by atoms with Crippen LogP contribution in [0.25, 0.3) is 0 Å². The minimum absolute atomic E-state index is 0.0236. The van der Waals surface area contributed by atoms with E-state index in [-0.39, 0.29) is 18.0 Å². The Morgan fingerprint density at radius 3 is 2.67 bits per heavy atom. The second-order valence-electron chi connectivity index (χ2n) is 3.87. The molecule has 2 nitrogen and oxygen atoms in total. The van der Waals surface area contributed by atoms with Gasteiger partial charge in [-0.05, 0) is 45.8 Å². The van der Waals surface area contributed by atoms with Crippen molar-refractivity contribution in [2.24, 2.45) is 0 Å². The molecule has 0 fully saturated rings. The van der Waals surface area contributed by atoms with Crippen molar-refractivity contribution in [3.8, 4) is 5.75 Å². The zero-order valence-corrected chi connectivity index (χ0v) is 11.7. The van der Waals surface area contributed by atoms with Crippen LogP contribution in [0.4, 0.5) is 0 Å². The van der Waals surface area contributed by atoms with Gasteiger partial charge in [0.25, 0.3) is 0 Å². The van der Waals surface area contributed by atoms with Gasteiger partial charge < -0.3 is 5.11 Å². The minimum atomic E-state index is -0.143.